The van der Waals surface area contributed by atoms with Crippen LogP contribution in [0.4, 0.5) is 4.79 Å². The van der Waals surface area contributed by atoms with Gasteiger partial charge in [-0.2, -0.15) is 0 Å². The van der Waals surface area contributed by atoms with Gasteiger partial charge in [-0.1, -0.05) is 85.3 Å². The summed E-state index contributed by atoms with van der Waals surface area (Å²) in [6.45, 7) is 0.0546. The fraction of sp³-hybridized carbons (Fsp3) is 0.312. The Morgan fingerprint density at radius 3 is 2.12 bits per heavy atom. The van der Waals surface area contributed by atoms with Gasteiger partial charge in [-0.05, 0) is 40.7 Å². The van der Waals surface area contributed by atoms with Gasteiger partial charge in [0.05, 0.1) is 12.3 Å². The molecule has 5 rings (SSSR count). The molecule has 0 unspecified atom stereocenters. The molecule has 3 N–H and O–H groups in total. The lowest BCUT2D eigenvalue weighted by atomic mass is 9.98. The lowest BCUT2D eigenvalue weighted by Crippen LogP contribution is -2.52. The number of alkyl carbamates (subject to hydrolysis) is 1. The van der Waals surface area contributed by atoms with E-state index < -0.39 is 48.4 Å². The molecule has 3 atom stereocenters. The van der Waals surface area contributed by atoms with Crippen LogP contribution in [0.1, 0.15) is 48.3 Å². The second-order valence-electron chi connectivity index (χ2n) is 10.4. The largest absolute Gasteiger partial charge is 0.481 e. The van der Waals surface area contributed by atoms with Crippen LogP contribution in [0.5, 0.6) is 0 Å². The summed E-state index contributed by atoms with van der Waals surface area (Å²) in [4.78, 5) is 50.5. The number of nitrogens with one attached hydrogen (secondary N) is 2. The Morgan fingerprint density at radius 2 is 1.46 bits per heavy atom. The molecular formula is C32H32N2O7. The molecule has 9 nitrogen and oxygen atoms in total. The minimum Gasteiger partial charge on any atom is -0.481 e. The highest BCUT2D eigenvalue weighted by molar-refractivity contribution is 5.90. The molecule has 1 fully saturated rings. The average Bonchev–Trinajstić information content (AvgIpc) is 3.58. The molecule has 212 valence electrons. The van der Waals surface area contributed by atoms with Crippen molar-refractivity contribution in [2.75, 3.05) is 6.61 Å². The normalized spacial score (nSPS) is 18.0. The van der Waals surface area contributed by atoms with Gasteiger partial charge in [0.15, 0.2) is 0 Å². The molecule has 0 aliphatic heterocycles. The van der Waals surface area contributed by atoms with Crippen molar-refractivity contribution in [3.63, 3.8) is 0 Å². The fourth-order valence-corrected chi connectivity index (χ4v) is 5.67. The third kappa shape index (κ3) is 6.57. The number of hydrogen-bond donors (Lipinski definition) is 3. The number of fused-ring (bicyclic) bond motifs is 3. The molecule has 3 aromatic carbocycles. The molecule has 0 saturated heterocycles. The number of carboxylic acids is 1. The second-order valence-corrected chi connectivity index (χ2v) is 10.4. The van der Waals surface area contributed by atoms with Gasteiger partial charge in [0.1, 0.15) is 19.3 Å². The van der Waals surface area contributed by atoms with E-state index in [2.05, 4.69) is 10.6 Å². The summed E-state index contributed by atoms with van der Waals surface area (Å²) < 4.78 is 10.9. The van der Waals surface area contributed by atoms with Gasteiger partial charge >= 0.3 is 18.0 Å². The van der Waals surface area contributed by atoms with Gasteiger partial charge in [0.2, 0.25) is 5.91 Å². The summed E-state index contributed by atoms with van der Waals surface area (Å²) in [6.07, 6.45) is 0.311. The van der Waals surface area contributed by atoms with E-state index in [1.807, 2.05) is 66.7 Å². The predicted octanol–water partition coefficient (Wildman–Crippen LogP) is 4.40. The van der Waals surface area contributed by atoms with Crippen LogP contribution in [0, 0.1) is 5.92 Å². The van der Waals surface area contributed by atoms with Crippen LogP contribution in [-0.4, -0.2) is 47.7 Å². The van der Waals surface area contributed by atoms with Gasteiger partial charge in [-0.3, -0.25) is 14.4 Å². The predicted molar refractivity (Wildman–Crippen MR) is 150 cm³/mol. The number of ether oxygens (including phenoxy) is 2. The standard InChI is InChI=1S/C32H32N2O7/c35-29(40-18-20-9-2-1-3-10-20)17-28(30(36)33-27-16-8-15-25(27)31(37)38)34-32(39)41-19-26-23-13-6-4-11-21(23)22-12-5-7-14-24(22)26/h1-7,9-14,25-28H,8,15-19H2,(H,33,36)(H,34,39)(H,37,38)/t25-,27+,28-/m0/s1. The van der Waals surface area contributed by atoms with Crippen LogP contribution in [0.15, 0.2) is 78.9 Å². The minimum absolute atomic E-state index is 0.0165. The molecule has 0 heterocycles. The van der Waals surface area contributed by atoms with E-state index in [0.29, 0.717) is 19.3 Å². The summed E-state index contributed by atoms with van der Waals surface area (Å²) in [7, 11) is 0. The van der Waals surface area contributed by atoms with Crippen molar-refractivity contribution < 1.29 is 33.8 Å². The molecule has 9 heteroatoms. The van der Waals surface area contributed by atoms with Crippen LogP contribution in [0.3, 0.4) is 0 Å². The van der Waals surface area contributed by atoms with Gasteiger partial charge in [0.25, 0.3) is 0 Å². The fourth-order valence-electron chi connectivity index (χ4n) is 5.67. The third-order valence-electron chi connectivity index (χ3n) is 7.73. The van der Waals surface area contributed by atoms with Crippen LogP contribution < -0.4 is 10.6 Å². The maximum absolute atomic E-state index is 13.2. The number of carboxylic acid groups (broad SMARTS) is 1. The Bertz CT molecular complexity index is 1380. The van der Waals surface area contributed by atoms with E-state index >= 15 is 0 Å². The molecular weight excluding hydrogens is 524 g/mol. The Labute approximate surface area is 237 Å². The lowest BCUT2D eigenvalue weighted by Gasteiger charge is -2.23. The second kappa shape index (κ2) is 12.7. The van der Waals surface area contributed by atoms with E-state index in [-0.39, 0.29) is 19.1 Å². The Kier molecular flexibility index (Phi) is 8.62. The summed E-state index contributed by atoms with van der Waals surface area (Å²) >= 11 is 0. The zero-order valence-corrected chi connectivity index (χ0v) is 22.5. The van der Waals surface area contributed by atoms with Crippen molar-refractivity contribution >= 4 is 23.9 Å². The molecule has 0 bridgehead atoms. The molecule has 0 aromatic heterocycles. The number of carbonyl (C=O) groups is 4. The SMILES string of the molecule is O=C(C[C@H](NC(=O)OCC1c2ccccc2-c2ccccc21)C(=O)N[C@@H]1CCC[C@@H]1C(=O)O)OCc1ccccc1. The smallest absolute Gasteiger partial charge is 0.407 e. The Balaban J connectivity index is 1.24. The highest BCUT2D eigenvalue weighted by atomic mass is 16.5. The monoisotopic (exact) mass is 556 g/mol. The number of rotatable bonds is 10. The van der Waals surface area contributed by atoms with E-state index in [9.17, 15) is 24.3 Å². The van der Waals surface area contributed by atoms with Crippen LogP contribution in [0.25, 0.3) is 11.1 Å². The van der Waals surface area contributed by atoms with Gasteiger partial charge < -0.3 is 25.2 Å². The molecule has 0 radical (unpaired) electrons. The van der Waals surface area contributed by atoms with E-state index in [1.165, 1.54) is 0 Å². The quantitative estimate of drug-likeness (QED) is 0.316. The Hall–Kier alpha value is -4.66. The average molecular weight is 557 g/mol. The lowest BCUT2D eigenvalue weighted by molar-refractivity contribution is -0.147. The van der Waals surface area contributed by atoms with E-state index in [4.69, 9.17) is 9.47 Å². The highest BCUT2D eigenvalue weighted by Crippen LogP contribution is 2.44. The van der Waals surface area contributed by atoms with Crippen molar-refractivity contribution in [1.29, 1.82) is 0 Å². The number of esters is 1. The van der Waals surface area contributed by atoms with Crippen molar-refractivity contribution in [2.24, 2.45) is 5.92 Å². The van der Waals surface area contributed by atoms with Gasteiger partial charge in [0, 0.05) is 12.0 Å². The van der Waals surface area contributed by atoms with Crippen molar-refractivity contribution in [3.05, 3.63) is 95.6 Å². The summed E-state index contributed by atoms with van der Waals surface area (Å²) in [6, 6.07) is 23.1. The van der Waals surface area contributed by atoms with Crippen molar-refractivity contribution in [3.8, 4) is 11.1 Å². The summed E-state index contributed by atoms with van der Waals surface area (Å²) in [5, 5.41) is 14.7. The first-order chi connectivity index (χ1) is 19.9. The maximum atomic E-state index is 13.2. The molecule has 2 aliphatic rings. The first kappa shape index (κ1) is 27.9. The third-order valence-corrected chi connectivity index (χ3v) is 7.73. The van der Waals surface area contributed by atoms with E-state index in [1.54, 1.807) is 12.1 Å². The molecule has 2 amide bonds. The highest BCUT2D eigenvalue weighted by Gasteiger charge is 2.36. The Morgan fingerprint density at radius 1 is 0.829 bits per heavy atom. The molecule has 2 aliphatic carbocycles. The number of amides is 2. The van der Waals surface area contributed by atoms with Crippen LogP contribution in [0.2, 0.25) is 0 Å². The van der Waals surface area contributed by atoms with E-state index in [0.717, 1.165) is 27.8 Å². The summed E-state index contributed by atoms with van der Waals surface area (Å²) in [5.41, 5.74) is 5.03. The van der Waals surface area contributed by atoms with Crippen molar-refractivity contribution in [2.45, 2.75) is 50.3 Å². The first-order valence-corrected chi connectivity index (χ1v) is 13.7. The molecule has 1 saturated carbocycles. The minimum atomic E-state index is -1.30. The molecule has 3 aromatic rings. The van der Waals surface area contributed by atoms with Gasteiger partial charge in [-0.25, -0.2) is 4.79 Å². The molecule has 0 spiro atoms. The number of hydrogen-bond acceptors (Lipinski definition) is 6. The van der Waals surface area contributed by atoms with Gasteiger partial charge in [-0.15, -0.1) is 0 Å². The first-order valence-electron chi connectivity index (χ1n) is 13.7. The number of benzene rings is 3. The maximum Gasteiger partial charge on any atom is 0.407 e. The molecule has 41 heavy (non-hydrogen) atoms. The number of aliphatic carboxylic acids is 1. The van der Waals surface area contributed by atoms with Crippen molar-refractivity contribution in [1.82, 2.24) is 10.6 Å². The summed E-state index contributed by atoms with van der Waals surface area (Å²) in [5.74, 6) is -3.23. The zero-order valence-electron chi connectivity index (χ0n) is 22.5. The van der Waals surface area contributed by atoms with Crippen LogP contribution >= 0.6 is 0 Å². The van der Waals surface area contributed by atoms with Crippen LogP contribution in [-0.2, 0) is 30.5 Å². The number of carbonyl (C=O) groups excluding carboxylic acids is 3. The topological polar surface area (TPSA) is 131 Å². The zero-order chi connectivity index (χ0) is 28.8.